The van der Waals surface area contributed by atoms with Crippen LogP contribution in [0.2, 0.25) is 5.02 Å². The van der Waals surface area contributed by atoms with Crippen molar-refractivity contribution in [1.29, 1.82) is 0 Å². The van der Waals surface area contributed by atoms with Gasteiger partial charge in [0.05, 0.1) is 17.6 Å². The van der Waals surface area contributed by atoms with E-state index in [2.05, 4.69) is 9.46 Å². The number of methoxy groups -OCH3 is 1. The van der Waals surface area contributed by atoms with Gasteiger partial charge >= 0.3 is 5.97 Å². The molecular weight excluding hydrogens is 350 g/mol. The lowest BCUT2D eigenvalue weighted by Gasteiger charge is -2.10. The van der Waals surface area contributed by atoms with Crippen LogP contribution in [0, 0.1) is 6.92 Å². The first-order chi connectivity index (χ1) is 11.3. The summed E-state index contributed by atoms with van der Waals surface area (Å²) in [5, 5.41) is 0.615. The number of hydrogen-bond donors (Lipinski definition) is 1. The van der Waals surface area contributed by atoms with Gasteiger partial charge in [0.15, 0.2) is 0 Å². The van der Waals surface area contributed by atoms with Crippen LogP contribution in [0.3, 0.4) is 0 Å². The molecule has 2 aromatic carbocycles. The first-order valence-corrected chi connectivity index (χ1v) is 9.12. The van der Waals surface area contributed by atoms with E-state index in [-0.39, 0.29) is 11.4 Å². The molecule has 0 unspecified atom stereocenters. The maximum Gasteiger partial charge on any atom is 0.337 e. The fourth-order valence-corrected chi connectivity index (χ4v) is 3.76. The maximum atomic E-state index is 12.4. The molecule has 0 aliphatic rings. The van der Waals surface area contributed by atoms with Gasteiger partial charge in [0.2, 0.25) is 10.0 Å². The number of hydrogen-bond acceptors (Lipinski definition) is 4. The predicted molar refractivity (Wildman–Crippen MR) is 92.9 cm³/mol. The number of carbonyl (C=O) groups excluding carboxylic acids is 1. The third-order valence-electron chi connectivity index (χ3n) is 3.48. The quantitative estimate of drug-likeness (QED) is 0.797. The Morgan fingerprint density at radius 3 is 2.58 bits per heavy atom. The second-order valence-corrected chi connectivity index (χ2v) is 7.42. The zero-order valence-corrected chi connectivity index (χ0v) is 14.9. The van der Waals surface area contributed by atoms with Crippen LogP contribution in [-0.2, 0) is 21.2 Å². The lowest BCUT2D eigenvalue weighted by Crippen LogP contribution is -2.26. The molecule has 2 rings (SSSR count). The molecule has 5 nitrogen and oxygen atoms in total. The second kappa shape index (κ2) is 7.79. The van der Waals surface area contributed by atoms with Crippen molar-refractivity contribution in [2.75, 3.05) is 13.7 Å². The summed E-state index contributed by atoms with van der Waals surface area (Å²) in [6.07, 6.45) is 0.527. The van der Waals surface area contributed by atoms with Gasteiger partial charge in [0.25, 0.3) is 0 Å². The highest BCUT2D eigenvalue weighted by atomic mass is 35.5. The van der Waals surface area contributed by atoms with Gasteiger partial charge in [0.1, 0.15) is 0 Å². The van der Waals surface area contributed by atoms with Crippen molar-refractivity contribution in [3.8, 4) is 0 Å². The molecule has 24 heavy (non-hydrogen) atoms. The fraction of sp³-hybridized carbons (Fsp3) is 0.235. The van der Waals surface area contributed by atoms with E-state index in [0.717, 1.165) is 5.56 Å². The highest BCUT2D eigenvalue weighted by molar-refractivity contribution is 7.89. The Hall–Kier alpha value is -1.89. The first kappa shape index (κ1) is 18.4. The van der Waals surface area contributed by atoms with Crippen LogP contribution in [-0.4, -0.2) is 28.0 Å². The molecule has 128 valence electrons. The Kier molecular flexibility index (Phi) is 5.99. The summed E-state index contributed by atoms with van der Waals surface area (Å²) >= 11 is 5.91. The Morgan fingerprint density at radius 2 is 1.96 bits per heavy atom. The average Bonchev–Trinajstić information content (AvgIpc) is 2.53. The van der Waals surface area contributed by atoms with E-state index in [9.17, 15) is 13.2 Å². The number of ether oxygens (including phenoxy) is 1. The Bertz CT molecular complexity index is 849. The summed E-state index contributed by atoms with van der Waals surface area (Å²) in [5.74, 6) is -0.504. The van der Waals surface area contributed by atoms with Gasteiger partial charge < -0.3 is 4.74 Å². The van der Waals surface area contributed by atoms with Gasteiger partial charge in [-0.25, -0.2) is 17.9 Å². The molecule has 0 atom stereocenters. The number of aryl methyl sites for hydroxylation is 1. The van der Waals surface area contributed by atoms with Crippen LogP contribution in [0.5, 0.6) is 0 Å². The minimum Gasteiger partial charge on any atom is -0.465 e. The molecule has 0 heterocycles. The third-order valence-corrected chi connectivity index (χ3v) is 5.34. The van der Waals surface area contributed by atoms with Crippen molar-refractivity contribution >= 4 is 27.6 Å². The number of carbonyl (C=O) groups is 1. The molecular formula is C17H18ClNO4S. The van der Waals surface area contributed by atoms with Gasteiger partial charge in [0, 0.05) is 11.6 Å². The highest BCUT2D eigenvalue weighted by Gasteiger charge is 2.18. The van der Waals surface area contributed by atoms with Gasteiger partial charge in [-0.3, -0.25) is 0 Å². The van der Waals surface area contributed by atoms with E-state index in [4.69, 9.17) is 11.6 Å². The molecule has 0 saturated carbocycles. The standard InChI is InChI=1S/C17H18ClNO4S/c1-12-10-14(17(20)23-2)6-7-16(12)24(21,22)19-9-8-13-4-3-5-15(18)11-13/h3-7,10-11,19H,8-9H2,1-2H3. The normalized spacial score (nSPS) is 11.3. The van der Waals surface area contributed by atoms with Crippen LogP contribution in [0.25, 0.3) is 0 Å². The lowest BCUT2D eigenvalue weighted by atomic mass is 10.1. The fourth-order valence-electron chi connectivity index (χ4n) is 2.30. The molecule has 0 aliphatic heterocycles. The summed E-state index contributed by atoms with van der Waals surface area (Å²) in [6.45, 7) is 1.89. The summed E-state index contributed by atoms with van der Waals surface area (Å²) in [6, 6.07) is 11.6. The predicted octanol–water partition coefficient (Wildman–Crippen LogP) is 2.96. The molecule has 0 amide bonds. The van der Waals surface area contributed by atoms with Crippen molar-refractivity contribution in [3.05, 3.63) is 64.2 Å². The van der Waals surface area contributed by atoms with Crippen molar-refractivity contribution in [3.63, 3.8) is 0 Å². The highest BCUT2D eigenvalue weighted by Crippen LogP contribution is 2.17. The van der Waals surface area contributed by atoms with Crippen LogP contribution < -0.4 is 4.72 Å². The van der Waals surface area contributed by atoms with E-state index in [0.29, 0.717) is 22.6 Å². The zero-order valence-electron chi connectivity index (χ0n) is 13.4. The minimum absolute atomic E-state index is 0.140. The molecule has 0 saturated heterocycles. The van der Waals surface area contributed by atoms with Gasteiger partial charge in [-0.15, -0.1) is 0 Å². The number of nitrogens with one attached hydrogen (secondary N) is 1. The number of esters is 1. The average molecular weight is 368 g/mol. The molecule has 0 aliphatic carbocycles. The molecule has 0 aromatic heterocycles. The maximum absolute atomic E-state index is 12.4. The Morgan fingerprint density at radius 1 is 1.21 bits per heavy atom. The second-order valence-electron chi connectivity index (χ2n) is 5.25. The van der Waals surface area contributed by atoms with Crippen molar-refractivity contribution in [2.45, 2.75) is 18.2 Å². The van der Waals surface area contributed by atoms with Crippen LogP contribution in [0.15, 0.2) is 47.4 Å². The van der Waals surface area contributed by atoms with Gasteiger partial charge in [-0.2, -0.15) is 0 Å². The number of sulfonamides is 1. The molecule has 0 fully saturated rings. The van der Waals surface area contributed by atoms with E-state index in [1.165, 1.54) is 25.3 Å². The summed E-state index contributed by atoms with van der Waals surface area (Å²) < 4.78 is 32.0. The number of rotatable bonds is 6. The molecule has 1 N–H and O–H groups in total. The van der Waals surface area contributed by atoms with Crippen molar-refractivity contribution in [2.24, 2.45) is 0 Å². The van der Waals surface area contributed by atoms with Crippen molar-refractivity contribution < 1.29 is 17.9 Å². The molecule has 0 bridgehead atoms. The van der Waals surface area contributed by atoms with E-state index < -0.39 is 16.0 Å². The molecule has 0 radical (unpaired) electrons. The van der Waals surface area contributed by atoms with E-state index in [1.54, 1.807) is 19.1 Å². The summed E-state index contributed by atoms with van der Waals surface area (Å²) in [7, 11) is -2.38. The third kappa shape index (κ3) is 4.56. The molecule has 0 spiro atoms. The molecule has 7 heteroatoms. The summed E-state index contributed by atoms with van der Waals surface area (Å²) in [5.41, 5.74) is 1.74. The summed E-state index contributed by atoms with van der Waals surface area (Å²) in [4.78, 5) is 11.6. The topological polar surface area (TPSA) is 72.5 Å². The SMILES string of the molecule is COC(=O)c1ccc(S(=O)(=O)NCCc2cccc(Cl)c2)c(C)c1. The number of benzene rings is 2. The van der Waals surface area contributed by atoms with Gasteiger partial charge in [-0.05, 0) is 54.8 Å². The minimum atomic E-state index is -3.66. The van der Waals surface area contributed by atoms with Gasteiger partial charge in [-0.1, -0.05) is 23.7 Å². The largest absolute Gasteiger partial charge is 0.465 e. The van der Waals surface area contributed by atoms with Crippen LogP contribution in [0.4, 0.5) is 0 Å². The van der Waals surface area contributed by atoms with Crippen molar-refractivity contribution in [1.82, 2.24) is 4.72 Å². The first-order valence-electron chi connectivity index (χ1n) is 7.26. The Labute approximate surface area is 146 Å². The van der Waals surface area contributed by atoms with Crippen LogP contribution in [0.1, 0.15) is 21.5 Å². The zero-order chi connectivity index (χ0) is 17.7. The monoisotopic (exact) mass is 367 g/mol. The number of halogens is 1. The van der Waals surface area contributed by atoms with E-state index >= 15 is 0 Å². The Balaban J connectivity index is 2.08. The van der Waals surface area contributed by atoms with Crippen LogP contribution >= 0.6 is 11.6 Å². The van der Waals surface area contributed by atoms with E-state index in [1.807, 2.05) is 12.1 Å². The smallest absolute Gasteiger partial charge is 0.337 e. The lowest BCUT2D eigenvalue weighted by molar-refractivity contribution is 0.0600. The molecule has 2 aromatic rings.